The average molecular weight is 325 g/mol. The van der Waals surface area contributed by atoms with E-state index in [-0.39, 0.29) is 12.3 Å². The summed E-state index contributed by atoms with van der Waals surface area (Å²) in [6, 6.07) is 12.4. The molecule has 5 nitrogen and oxygen atoms in total. The maximum absolute atomic E-state index is 12.4. The van der Waals surface area contributed by atoms with Crippen LogP contribution < -0.4 is 16.4 Å². The van der Waals surface area contributed by atoms with Crippen LogP contribution in [0.15, 0.2) is 42.5 Å². The summed E-state index contributed by atoms with van der Waals surface area (Å²) in [4.78, 5) is 23.8. The number of carbonyl (C=O) groups excluding carboxylic acids is 2. The predicted molar refractivity (Wildman–Crippen MR) is 95.8 cm³/mol. The van der Waals surface area contributed by atoms with Crippen LogP contribution in [0.25, 0.3) is 0 Å². The molecule has 126 valence electrons. The summed E-state index contributed by atoms with van der Waals surface area (Å²) in [5.74, 6) is -0.175. The van der Waals surface area contributed by atoms with Gasteiger partial charge in [-0.3, -0.25) is 4.79 Å². The Labute approximate surface area is 142 Å². The van der Waals surface area contributed by atoms with Crippen molar-refractivity contribution in [1.29, 1.82) is 0 Å². The molecule has 0 saturated carbocycles. The molecule has 2 rings (SSSR count). The van der Waals surface area contributed by atoms with Crippen molar-refractivity contribution in [2.24, 2.45) is 5.73 Å². The highest BCUT2D eigenvalue weighted by Gasteiger charge is 2.19. The molecule has 0 bridgehead atoms. The Morgan fingerprint density at radius 1 is 1.04 bits per heavy atom. The van der Waals surface area contributed by atoms with Gasteiger partial charge < -0.3 is 16.4 Å². The van der Waals surface area contributed by atoms with Crippen LogP contribution in [0.5, 0.6) is 0 Å². The van der Waals surface area contributed by atoms with Gasteiger partial charge in [-0.25, -0.2) is 4.79 Å². The van der Waals surface area contributed by atoms with Crippen LogP contribution in [-0.4, -0.2) is 11.9 Å². The number of anilines is 1. The Hall–Kier alpha value is -2.82. The first kappa shape index (κ1) is 17.5. The molecule has 0 aliphatic carbocycles. The number of hydrogen-bond acceptors (Lipinski definition) is 2. The minimum atomic E-state index is -0.650. The molecule has 5 heteroatoms. The summed E-state index contributed by atoms with van der Waals surface area (Å²) in [6.45, 7) is 5.85. The maximum atomic E-state index is 12.4. The quantitative estimate of drug-likeness (QED) is 0.787. The van der Waals surface area contributed by atoms with E-state index in [0.29, 0.717) is 0 Å². The van der Waals surface area contributed by atoms with Gasteiger partial charge in [-0.1, -0.05) is 36.4 Å². The standard InChI is InChI=1S/C19H23N3O2/c1-12-8-9-14(3)16(10-12)21-18(23)11-17(22-19(20)24)15-7-5-4-6-13(15)2/h4-10,17H,11H2,1-3H3,(H,21,23)(H3,20,22,24). The Kier molecular flexibility index (Phi) is 5.58. The highest BCUT2D eigenvalue weighted by molar-refractivity contribution is 5.92. The van der Waals surface area contributed by atoms with Gasteiger partial charge in [0, 0.05) is 5.69 Å². The van der Waals surface area contributed by atoms with Crippen molar-refractivity contribution in [3.8, 4) is 0 Å². The monoisotopic (exact) mass is 325 g/mol. The first-order valence-electron chi connectivity index (χ1n) is 7.85. The van der Waals surface area contributed by atoms with Crippen molar-refractivity contribution in [3.05, 3.63) is 64.7 Å². The molecule has 0 aliphatic rings. The Morgan fingerprint density at radius 2 is 1.75 bits per heavy atom. The number of nitrogens with two attached hydrogens (primary N) is 1. The molecule has 0 aromatic heterocycles. The molecule has 1 atom stereocenters. The van der Waals surface area contributed by atoms with E-state index in [1.54, 1.807) is 0 Å². The second-order valence-electron chi connectivity index (χ2n) is 5.99. The fraction of sp³-hybridized carbons (Fsp3) is 0.263. The Morgan fingerprint density at radius 3 is 2.42 bits per heavy atom. The van der Waals surface area contributed by atoms with Crippen molar-refractivity contribution < 1.29 is 9.59 Å². The molecule has 0 spiro atoms. The molecular weight excluding hydrogens is 302 g/mol. The fourth-order valence-corrected chi connectivity index (χ4v) is 2.65. The Bertz CT molecular complexity index is 756. The topological polar surface area (TPSA) is 84.2 Å². The molecule has 0 fully saturated rings. The number of rotatable bonds is 5. The molecule has 0 saturated heterocycles. The van der Waals surface area contributed by atoms with Crippen LogP contribution in [-0.2, 0) is 4.79 Å². The average Bonchev–Trinajstić information content (AvgIpc) is 2.50. The van der Waals surface area contributed by atoms with Gasteiger partial charge in [0.1, 0.15) is 0 Å². The molecule has 2 aromatic rings. The SMILES string of the molecule is Cc1ccc(C)c(NC(=O)CC(NC(N)=O)c2ccccc2C)c1. The normalized spacial score (nSPS) is 11.6. The van der Waals surface area contributed by atoms with Crippen molar-refractivity contribution in [3.63, 3.8) is 0 Å². The summed E-state index contributed by atoms with van der Waals surface area (Å²) in [6.07, 6.45) is 0.112. The van der Waals surface area contributed by atoms with Gasteiger partial charge >= 0.3 is 6.03 Å². The lowest BCUT2D eigenvalue weighted by atomic mass is 9.98. The van der Waals surface area contributed by atoms with Crippen LogP contribution in [0.3, 0.4) is 0 Å². The summed E-state index contributed by atoms with van der Waals surface area (Å²) < 4.78 is 0. The van der Waals surface area contributed by atoms with Crippen molar-refractivity contribution in [2.45, 2.75) is 33.2 Å². The zero-order valence-corrected chi connectivity index (χ0v) is 14.2. The van der Waals surface area contributed by atoms with Crippen molar-refractivity contribution >= 4 is 17.6 Å². The number of aryl methyl sites for hydroxylation is 3. The zero-order valence-electron chi connectivity index (χ0n) is 14.2. The summed E-state index contributed by atoms with van der Waals surface area (Å²) in [7, 11) is 0. The van der Waals surface area contributed by atoms with E-state index in [1.807, 2.05) is 63.2 Å². The lowest BCUT2D eigenvalue weighted by Gasteiger charge is -2.20. The zero-order chi connectivity index (χ0) is 17.7. The van der Waals surface area contributed by atoms with Gasteiger partial charge in [-0.2, -0.15) is 0 Å². The third-order valence-corrected chi connectivity index (χ3v) is 3.94. The predicted octanol–water partition coefficient (Wildman–Crippen LogP) is 3.35. The number of primary amides is 1. The van der Waals surface area contributed by atoms with Gasteiger partial charge in [0.05, 0.1) is 12.5 Å². The lowest BCUT2D eigenvalue weighted by molar-refractivity contribution is -0.116. The molecule has 4 N–H and O–H groups in total. The number of urea groups is 1. The highest BCUT2D eigenvalue weighted by atomic mass is 16.2. The number of carbonyl (C=O) groups is 2. The van der Waals surface area contributed by atoms with E-state index in [9.17, 15) is 9.59 Å². The first-order chi connectivity index (χ1) is 11.4. The van der Waals surface area contributed by atoms with E-state index in [1.165, 1.54) is 0 Å². The highest BCUT2D eigenvalue weighted by Crippen LogP contribution is 2.22. The molecule has 0 heterocycles. The molecule has 0 aliphatic heterocycles. The van der Waals surface area contributed by atoms with Gasteiger partial charge in [-0.15, -0.1) is 0 Å². The van der Waals surface area contributed by atoms with Crippen molar-refractivity contribution in [2.75, 3.05) is 5.32 Å². The van der Waals surface area contributed by atoms with E-state index in [0.717, 1.165) is 27.9 Å². The smallest absolute Gasteiger partial charge is 0.312 e. The minimum absolute atomic E-state index is 0.112. The van der Waals surface area contributed by atoms with Gasteiger partial charge in [0.15, 0.2) is 0 Å². The molecule has 24 heavy (non-hydrogen) atoms. The number of amides is 3. The van der Waals surface area contributed by atoms with E-state index < -0.39 is 12.1 Å². The van der Waals surface area contributed by atoms with Crippen LogP contribution in [0, 0.1) is 20.8 Å². The molecule has 2 aromatic carbocycles. The van der Waals surface area contributed by atoms with Crippen LogP contribution in [0.4, 0.5) is 10.5 Å². The van der Waals surface area contributed by atoms with Crippen LogP contribution in [0.1, 0.15) is 34.7 Å². The summed E-state index contributed by atoms with van der Waals surface area (Å²) in [5.41, 5.74) is 9.99. The fourth-order valence-electron chi connectivity index (χ4n) is 2.65. The van der Waals surface area contributed by atoms with Crippen molar-refractivity contribution in [1.82, 2.24) is 5.32 Å². The van der Waals surface area contributed by atoms with E-state index >= 15 is 0 Å². The number of nitrogens with one attached hydrogen (secondary N) is 2. The summed E-state index contributed by atoms with van der Waals surface area (Å²) >= 11 is 0. The first-order valence-corrected chi connectivity index (χ1v) is 7.85. The molecule has 3 amide bonds. The van der Waals surface area contributed by atoms with Gasteiger partial charge in [0.2, 0.25) is 5.91 Å². The second kappa shape index (κ2) is 7.64. The van der Waals surface area contributed by atoms with E-state index in [4.69, 9.17) is 5.73 Å². The van der Waals surface area contributed by atoms with Crippen LogP contribution >= 0.6 is 0 Å². The van der Waals surface area contributed by atoms with Gasteiger partial charge in [-0.05, 0) is 49.1 Å². The van der Waals surface area contributed by atoms with E-state index in [2.05, 4.69) is 10.6 Å². The molecular formula is C19H23N3O2. The summed E-state index contributed by atoms with van der Waals surface area (Å²) in [5, 5.41) is 5.57. The van der Waals surface area contributed by atoms with Gasteiger partial charge in [0.25, 0.3) is 0 Å². The minimum Gasteiger partial charge on any atom is -0.352 e. The van der Waals surface area contributed by atoms with Crippen LogP contribution in [0.2, 0.25) is 0 Å². The second-order valence-corrected chi connectivity index (χ2v) is 5.99. The third-order valence-electron chi connectivity index (χ3n) is 3.94. The molecule has 1 unspecified atom stereocenters. The number of hydrogen-bond donors (Lipinski definition) is 3. The lowest BCUT2D eigenvalue weighted by Crippen LogP contribution is -2.35. The largest absolute Gasteiger partial charge is 0.352 e. The Balaban J connectivity index is 2.17. The molecule has 0 radical (unpaired) electrons. The maximum Gasteiger partial charge on any atom is 0.312 e. The number of benzene rings is 2. The third kappa shape index (κ3) is 4.59.